The van der Waals surface area contributed by atoms with Crippen molar-refractivity contribution in [3.05, 3.63) is 52.5 Å². The highest BCUT2D eigenvalue weighted by Gasteiger charge is 2.33. The van der Waals surface area contributed by atoms with Crippen LogP contribution in [0.25, 0.3) is 11.0 Å². The van der Waals surface area contributed by atoms with Crippen LogP contribution >= 0.6 is 11.6 Å². The van der Waals surface area contributed by atoms with Gasteiger partial charge in [-0.1, -0.05) is 23.7 Å². The van der Waals surface area contributed by atoms with Crippen LogP contribution in [0.1, 0.15) is 15.9 Å². The number of carboxylic acids is 1. The van der Waals surface area contributed by atoms with Crippen LogP contribution in [0.15, 0.2) is 36.4 Å². The Morgan fingerprint density at radius 3 is 2.62 bits per heavy atom. The maximum atomic E-state index is 13.0. The number of para-hydroxylation sites is 1. The van der Waals surface area contributed by atoms with Crippen molar-refractivity contribution < 1.29 is 23.1 Å². The Morgan fingerprint density at radius 2 is 1.96 bits per heavy atom. The third-order valence-corrected chi connectivity index (χ3v) is 3.60. The van der Waals surface area contributed by atoms with E-state index in [1.165, 1.54) is 30.3 Å². The normalized spacial score (nSPS) is 11.7. The number of aromatic carboxylic acids is 1. The number of imidazole rings is 1. The van der Waals surface area contributed by atoms with Crippen molar-refractivity contribution in [1.29, 1.82) is 0 Å². The highest BCUT2D eigenvalue weighted by atomic mass is 35.5. The molecule has 0 aliphatic carbocycles. The maximum Gasteiger partial charge on any atom is 0.418 e. The average molecular weight is 356 g/mol. The highest BCUT2D eigenvalue weighted by molar-refractivity contribution is 6.34. The van der Waals surface area contributed by atoms with Crippen LogP contribution in [0.2, 0.25) is 5.02 Å². The second-order valence-corrected chi connectivity index (χ2v) is 5.32. The van der Waals surface area contributed by atoms with Crippen molar-refractivity contribution in [3.8, 4) is 0 Å². The minimum atomic E-state index is -4.52. The highest BCUT2D eigenvalue weighted by Crippen LogP contribution is 2.35. The molecule has 3 rings (SSSR count). The zero-order chi connectivity index (χ0) is 17.5. The van der Waals surface area contributed by atoms with Crippen molar-refractivity contribution >= 4 is 40.2 Å². The average Bonchev–Trinajstić information content (AvgIpc) is 2.86. The van der Waals surface area contributed by atoms with Crippen LogP contribution in [0.4, 0.5) is 24.8 Å². The molecule has 24 heavy (non-hydrogen) atoms. The molecule has 0 atom stereocenters. The summed E-state index contributed by atoms with van der Waals surface area (Å²) in [6, 6.07) is 7.56. The summed E-state index contributed by atoms with van der Waals surface area (Å²) < 4.78 is 39.0. The number of carboxylic acid groups (broad SMARTS) is 1. The molecule has 124 valence electrons. The first kappa shape index (κ1) is 16.1. The Bertz CT molecular complexity index is 937. The summed E-state index contributed by atoms with van der Waals surface area (Å²) in [6.45, 7) is 0. The molecular formula is C15H9ClF3N3O2. The topological polar surface area (TPSA) is 78.0 Å². The summed E-state index contributed by atoms with van der Waals surface area (Å²) in [7, 11) is 0. The van der Waals surface area contributed by atoms with Crippen LogP contribution < -0.4 is 5.32 Å². The molecule has 0 saturated heterocycles. The molecule has 2 aromatic carbocycles. The van der Waals surface area contributed by atoms with E-state index in [1.54, 1.807) is 0 Å². The van der Waals surface area contributed by atoms with Gasteiger partial charge in [-0.15, -0.1) is 0 Å². The van der Waals surface area contributed by atoms with Crippen molar-refractivity contribution in [2.75, 3.05) is 5.32 Å². The maximum absolute atomic E-state index is 13.0. The van der Waals surface area contributed by atoms with E-state index in [4.69, 9.17) is 16.7 Å². The van der Waals surface area contributed by atoms with E-state index < -0.39 is 17.7 Å². The Balaban J connectivity index is 2.02. The number of halogens is 4. The van der Waals surface area contributed by atoms with Crippen LogP contribution in [-0.4, -0.2) is 21.0 Å². The molecular weight excluding hydrogens is 347 g/mol. The van der Waals surface area contributed by atoms with Crippen molar-refractivity contribution in [2.45, 2.75) is 6.18 Å². The smallest absolute Gasteiger partial charge is 0.418 e. The lowest BCUT2D eigenvalue weighted by Gasteiger charge is -2.12. The van der Waals surface area contributed by atoms with Gasteiger partial charge in [0.2, 0.25) is 5.95 Å². The van der Waals surface area contributed by atoms with Crippen LogP contribution in [0, 0.1) is 0 Å². The van der Waals surface area contributed by atoms with E-state index in [1.807, 2.05) is 0 Å². The summed E-state index contributed by atoms with van der Waals surface area (Å²) >= 11 is 5.85. The molecule has 1 aromatic heterocycles. The van der Waals surface area contributed by atoms with Gasteiger partial charge in [0.05, 0.1) is 32.9 Å². The lowest BCUT2D eigenvalue weighted by atomic mass is 10.1. The van der Waals surface area contributed by atoms with E-state index in [0.717, 1.165) is 6.07 Å². The number of nitrogens with zero attached hydrogens (tertiary/aromatic N) is 1. The summed E-state index contributed by atoms with van der Waals surface area (Å²) in [6.07, 6.45) is -4.52. The number of hydrogen-bond donors (Lipinski definition) is 3. The fourth-order valence-corrected chi connectivity index (χ4v) is 2.46. The summed E-state index contributed by atoms with van der Waals surface area (Å²) in [5, 5.41) is 11.6. The van der Waals surface area contributed by atoms with Gasteiger partial charge in [-0.05, 0) is 24.3 Å². The van der Waals surface area contributed by atoms with Crippen LogP contribution in [-0.2, 0) is 6.18 Å². The number of rotatable bonds is 3. The van der Waals surface area contributed by atoms with E-state index in [9.17, 15) is 18.0 Å². The number of benzene rings is 2. The summed E-state index contributed by atoms with van der Waals surface area (Å²) in [4.78, 5) is 17.9. The lowest BCUT2D eigenvalue weighted by Crippen LogP contribution is -2.08. The third kappa shape index (κ3) is 3.00. The molecule has 0 fully saturated rings. The molecule has 9 heteroatoms. The number of H-pyrrole nitrogens is 1. The minimum absolute atomic E-state index is 0.000826. The number of carbonyl (C=O) groups is 1. The fourth-order valence-electron chi connectivity index (χ4n) is 2.22. The van der Waals surface area contributed by atoms with E-state index >= 15 is 0 Å². The molecule has 3 aromatic rings. The molecule has 5 nitrogen and oxygen atoms in total. The predicted molar refractivity (Wildman–Crippen MR) is 82.8 cm³/mol. The summed E-state index contributed by atoms with van der Waals surface area (Å²) in [5.41, 5.74) is -0.484. The molecule has 0 aliphatic rings. The Labute approximate surface area is 138 Å². The van der Waals surface area contributed by atoms with Gasteiger partial charge in [0.1, 0.15) is 0 Å². The number of aromatic nitrogens is 2. The number of alkyl halides is 3. The fraction of sp³-hybridized carbons (Fsp3) is 0.0667. The van der Waals surface area contributed by atoms with Crippen molar-refractivity contribution in [3.63, 3.8) is 0 Å². The van der Waals surface area contributed by atoms with Gasteiger partial charge in [-0.3, -0.25) is 0 Å². The molecule has 0 saturated carbocycles. The van der Waals surface area contributed by atoms with E-state index in [0.29, 0.717) is 5.52 Å². The Morgan fingerprint density at radius 1 is 1.25 bits per heavy atom. The zero-order valence-electron chi connectivity index (χ0n) is 11.8. The van der Waals surface area contributed by atoms with Gasteiger partial charge in [-0.25, -0.2) is 9.78 Å². The second-order valence-electron chi connectivity index (χ2n) is 4.91. The molecule has 0 unspecified atom stereocenters. The third-order valence-electron chi connectivity index (χ3n) is 3.29. The quantitative estimate of drug-likeness (QED) is 0.637. The molecule has 0 aliphatic heterocycles. The first-order valence-corrected chi connectivity index (χ1v) is 6.99. The van der Waals surface area contributed by atoms with Gasteiger partial charge in [0.25, 0.3) is 0 Å². The lowest BCUT2D eigenvalue weighted by molar-refractivity contribution is -0.136. The monoisotopic (exact) mass is 355 g/mol. The molecule has 0 bridgehead atoms. The number of anilines is 2. The standard InChI is InChI=1S/C15H9ClF3N3O2/c16-9-6-12-11(5-7(9)13(23)24)21-14(22-12)20-10-4-2-1-3-8(10)15(17,18)19/h1-6H,(H,23,24)(H2,20,21,22). The van der Waals surface area contributed by atoms with E-state index in [-0.39, 0.29) is 27.7 Å². The molecule has 1 heterocycles. The van der Waals surface area contributed by atoms with Gasteiger partial charge >= 0.3 is 12.1 Å². The number of aromatic amines is 1. The zero-order valence-corrected chi connectivity index (χ0v) is 12.5. The SMILES string of the molecule is O=C(O)c1cc2nc(Nc3ccccc3C(F)(F)F)[nH]c2cc1Cl. The predicted octanol–water partition coefficient (Wildman–Crippen LogP) is 4.68. The van der Waals surface area contributed by atoms with Crippen molar-refractivity contribution in [1.82, 2.24) is 9.97 Å². The molecule has 0 amide bonds. The summed E-state index contributed by atoms with van der Waals surface area (Å²) in [5.74, 6) is -1.18. The number of hydrogen-bond acceptors (Lipinski definition) is 3. The first-order valence-electron chi connectivity index (χ1n) is 6.61. The second kappa shape index (κ2) is 5.72. The van der Waals surface area contributed by atoms with Gasteiger partial charge in [0, 0.05) is 0 Å². The Kier molecular flexibility index (Phi) is 3.84. The largest absolute Gasteiger partial charge is 0.478 e. The van der Waals surface area contributed by atoms with Crippen molar-refractivity contribution in [2.24, 2.45) is 0 Å². The van der Waals surface area contributed by atoms with Gasteiger partial charge < -0.3 is 15.4 Å². The Hall–Kier alpha value is -2.74. The first-order chi connectivity index (χ1) is 11.3. The number of nitrogens with one attached hydrogen (secondary N) is 2. The van der Waals surface area contributed by atoms with E-state index in [2.05, 4.69) is 15.3 Å². The molecule has 3 N–H and O–H groups in total. The van der Waals surface area contributed by atoms with Gasteiger partial charge in [-0.2, -0.15) is 13.2 Å². The van der Waals surface area contributed by atoms with Crippen LogP contribution in [0.3, 0.4) is 0 Å². The van der Waals surface area contributed by atoms with Gasteiger partial charge in [0.15, 0.2) is 0 Å². The van der Waals surface area contributed by atoms with Crippen LogP contribution in [0.5, 0.6) is 0 Å². The molecule has 0 radical (unpaired) electrons. The molecule has 0 spiro atoms. The minimum Gasteiger partial charge on any atom is -0.478 e. The number of fused-ring (bicyclic) bond motifs is 1.